The molecule has 1 N–H and O–H groups in total. The maximum atomic E-state index is 13.1. The molecular weight excluding hydrogens is 255 g/mol. The fraction of sp³-hybridized carbons (Fsp3) is 0.562. The summed E-state index contributed by atoms with van der Waals surface area (Å²) in [6, 6.07) is 6.31. The molecule has 3 nitrogen and oxygen atoms in total. The van der Waals surface area contributed by atoms with Gasteiger partial charge in [-0.15, -0.1) is 0 Å². The molecule has 20 heavy (non-hydrogen) atoms. The zero-order valence-electron chi connectivity index (χ0n) is 12.0. The van der Waals surface area contributed by atoms with Gasteiger partial charge in [-0.25, -0.2) is 4.39 Å². The maximum absolute atomic E-state index is 13.1. The number of nitrogens with one attached hydrogen (secondary N) is 1. The predicted molar refractivity (Wildman–Crippen MR) is 75.3 cm³/mol. The molecule has 1 amide bonds. The summed E-state index contributed by atoms with van der Waals surface area (Å²) in [6.07, 6.45) is 2.31. The molecule has 3 rings (SSSR count). The molecule has 2 aliphatic rings. The number of hydrogen-bond acceptors (Lipinski definition) is 2. The first-order valence-corrected chi connectivity index (χ1v) is 7.38. The molecule has 2 fully saturated rings. The van der Waals surface area contributed by atoms with Gasteiger partial charge in [0.05, 0.1) is 6.04 Å². The van der Waals surface area contributed by atoms with Crippen molar-refractivity contribution in [2.45, 2.75) is 38.9 Å². The number of halogens is 1. The lowest BCUT2D eigenvalue weighted by molar-refractivity contribution is -0.131. The molecule has 1 aromatic carbocycles. The van der Waals surface area contributed by atoms with E-state index in [1.807, 2.05) is 4.90 Å². The fourth-order valence-electron chi connectivity index (χ4n) is 2.81. The van der Waals surface area contributed by atoms with Gasteiger partial charge in [-0.1, -0.05) is 26.0 Å². The fourth-order valence-corrected chi connectivity index (χ4v) is 2.81. The van der Waals surface area contributed by atoms with Crippen LogP contribution in [0.3, 0.4) is 0 Å². The van der Waals surface area contributed by atoms with Crippen LogP contribution in [0, 0.1) is 17.7 Å². The van der Waals surface area contributed by atoms with Crippen molar-refractivity contribution in [2.24, 2.45) is 11.8 Å². The molecule has 0 spiro atoms. The van der Waals surface area contributed by atoms with E-state index in [4.69, 9.17) is 0 Å². The van der Waals surface area contributed by atoms with Crippen LogP contribution in [-0.4, -0.2) is 23.4 Å². The first kappa shape index (κ1) is 13.6. The monoisotopic (exact) mass is 276 g/mol. The van der Waals surface area contributed by atoms with Gasteiger partial charge < -0.3 is 4.90 Å². The van der Waals surface area contributed by atoms with Crippen molar-refractivity contribution in [3.8, 4) is 0 Å². The summed E-state index contributed by atoms with van der Waals surface area (Å²) in [4.78, 5) is 14.5. The second kappa shape index (κ2) is 5.17. The van der Waals surface area contributed by atoms with Crippen LogP contribution in [0.5, 0.6) is 0 Å². The third-order valence-corrected chi connectivity index (χ3v) is 4.20. The summed E-state index contributed by atoms with van der Waals surface area (Å²) >= 11 is 0. The van der Waals surface area contributed by atoms with Crippen molar-refractivity contribution in [1.82, 2.24) is 10.2 Å². The largest absolute Gasteiger partial charge is 0.321 e. The van der Waals surface area contributed by atoms with Crippen LogP contribution in [0.15, 0.2) is 24.3 Å². The standard InChI is InChI=1S/C16H21FN2O/c1-10(2)14-16(20)19(9-11-3-4-11)15(18-14)12-5-7-13(17)8-6-12/h5-8,10-11,14-15,18H,3-4,9H2,1-2H3. The zero-order valence-corrected chi connectivity index (χ0v) is 12.0. The Hall–Kier alpha value is -1.42. The Labute approximate surface area is 119 Å². The van der Waals surface area contributed by atoms with Gasteiger partial charge in [-0.2, -0.15) is 0 Å². The molecule has 0 bridgehead atoms. The molecule has 1 aliphatic heterocycles. The van der Waals surface area contributed by atoms with Gasteiger partial charge in [0.25, 0.3) is 0 Å². The van der Waals surface area contributed by atoms with E-state index < -0.39 is 0 Å². The molecule has 1 aromatic rings. The van der Waals surface area contributed by atoms with Gasteiger partial charge in [0.1, 0.15) is 12.0 Å². The average molecular weight is 276 g/mol. The molecule has 4 heteroatoms. The molecule has 1 saturated carbocycles. The lowest BCUT2D eigenvalue weighted by Crippen LogP contribution is -2.35. The molecule has 0 aromatic heterocycles. The lowest BCUT2D eigenvalue weighted by Gasteiger charge is -2.24. The average Bonchev–Trinajstić information content (AvgIpc) is 3.16. The molecule has 108 valence electrons. The second-order valence-electron chi connectivity index (χ2n) is 6.28. The molecule has 2 unspecified atom stereocenters. The van der Waals surface area contributed by atoms with Crippen LogP contribution in [0.2, 0.25) is 0 Å². The molecular formula is C16H21FN2O. The molecule has 2 atom stereocenters. The van der Waals surface area contributed by atoms with E-state index in [9.17, 15) is 9.18 Å². The summed E-state index contributed by atoms with van der Waals surface area (Å²) in [5.41, 5.74) is 0.962. The lowest BCUT2D eigenvalue weighted by atomic mass is 10.1. The Morgan fingerprint density at radius 3 is 2.50 bits per heavy atom. The summed E-state index contributed by atoms with van der Waals surface area (Å²) in [5.74, 6) is 0.845. The normalized spacial score (nSPS) is 26.6. The highest BCUT2D eigenvalue weighted by molar-refractivity contribution is 5.84. The van der Waals surface area contributed by atoms with E-state index in [0.29, 0.717) is 5.92 Å². The minimum Gasteiger partial charge on any atom is -0.321 e. The third kappa shape index (κ3) is 2.57. The first-order chi connectivity index (χ1) is 9.56. The number of carbonyl (C=O) groups excluding carboxylic acids is 1. The van der Waals surface area contributed by atoms with Crippen LogP contribution in [0.4, 0.5) is 4.39 Å². The molecule has 1 aliphatic carbocycles. The number of rotatable bonds is 4. The van der Waals surface area contributed by atoms with E-state index in [-0.39, 0.29) is 29.8 Å². The van der Waals surface area contributed by atoms with E-state index in [2.05, 4.69) is 19.2 Å². The molecule has 0 radical (unpaired) electrons. The Bertz CT molecular complexity index is 496. The summed E-state index contributed by atoms with van der Waals surface area (Å²) in [5, 5.41) is 3.41. The van der Waals surface area contributed by atoms with Gasteiger partial charge in [0.15, 0.2) is 0 Å². The van der Waals surface area contributed by atoms with Gasteiger partial charge in [-0.3, -0.25) is 10.1 Å². The Morgan fingerprint density at radius 2 is 1.95 bits per heavy atom. The van der Waals surface area contributed by atoms with Gasteiger partial charge in [-0.05, 0) is 42.4 Å². The van der Waals surface area contributed by atoms with Crippen molar-refractivity contribution in [1.29, 1.82) is 0 Å². The van der Waals surface area contributed by atoms with Crippen molar-refractivity contribution in [3.63, 3.8) is 0 Å². The highest BCUT2D eigenvalue weighted by Gasteiger charge is 2.42. The maximum Gasteiger partial charge on any atom is 0.241 e. The summed E-state index contributed by atoms with van der Waals surface area (Å²) in [7, 11) is 0. The van der Waals surface area contributed by atoms with Crippen LogP contribution < -0.4 is 5.32 Å². The Kier molecular flexibility index (Phi) is 3.50. The second-order valence-corrected chi connectivity index (χ2v) is 6.28. The SMILES string of the molecule is CC(C)C1NC(c2ccc(F)cc2)N(CC2CC2)C1=O. The van der Waals surface area contributed by atoms with Crippen molar-refractivity contribution >= 4 is 5.91 Å². The molecule has 1 heterocycles. The highest BCUT2D eigenvalue weighted by atomic mass is 19.1. The number of amides is 1. The topological polar surface area (TPSA) is 32.3 Å². The number of nitrogens with zero attached hydrogens (tertiary/aromatic N) is 1. The van der Waals surface area contributed by atoms with Crippen LogP contribution in [0.25, 0.3) is 0 Å². The van der Waals surface area contributed by atoms with E-state index in [1.165, 1.54) is 25.0 Å². The minimum absolute atomic E-state index is 0.115. The Balaban J connectivity index is 1.85. The number of carbonyl (C=O) groups is 1. The summed E-state index contributed by atoms with van der Waals surface area (Å²) in [6.45, 7) is 4.92. The van der Waals surface area contributed by atoms with E-state index >= 15 is 0 Å². The number of hydrogen-bond donors (Lipinski definition) is 1. The smallest absolute Gasteiger partial charge is 0.241 e. The van der Waals surface area contributed by atoms with E-state index in [0.717, 1.165) is 12.1 Å². The van der Waals surface area contributed by atoms with Gasteiger partial charge in [0.2, 0.25) is 5.91 Å². The zero-order chi connectivity index (χ0) is 14.3. The van der Waals surface area contributed by atoms with Crippen LogP contribution >= 0.6 is 0 Å². The van der Waals surface area contributed by atoms with E-state index in [1.54, 1.807) is 12.1 Å². The van der Waals surface area contributed by atoms with Crippen LogP contribution in [-0.2, 0) is 4.79 Å². The Morgan fingerprint density at radius 1 is 1.30 bits per heavy atom. The third-order valence-electron chi connectivity index (χ3n) is 4.20. The van der Waals surface area contributed by atoms with Crippen molar-refractivity contribution in [3.05, 3.63) is 35.6 Å². The molecule has 1 saturated heterocycles. The van der Waals surface area contributed by atoms with Gasteiger partial charge in [0, 0.05) is 6.54 Å². The first-order valence-electron chi connectivity index (χ1n) is 7.38. The van der Waals surface area contributed by atoms with Crippen molar-refractivity contribution in [2.75, 3.05) is 6.54 Å². The highest BCUT2D eigenvalue weighted by Crippen LogP contribution is 2.35. The minimum atomic E-state index is -0.243. The summed E-state index contributed by atoms with van der Waals surface area (Å²) < 4.78 is 13.1. The van der Waals surface area contributed by atoms with Crippen LogP contribution in [0.1, 0.15) is 38.4 Å². The number of benzene rings is 1. The van der Waals surface area contributed by atoms with Crippen molar-refractivity contribution < 1.29 is 9.18 Å². The predicted octanol–water partition coefficient (Wildman–Crippen LogP) is 2.69. The quantitative estimate of drug-likeness (QED) is 0.917. The van der Waals surface area contributed by atoms with Gasteiger partial charge >= 0.3 is 0 Å².